The molecule has 1 amide bonds. The van der Waals surface area contributed by atoms with Gasteiger partial charge in [-0.3, -0.25) is 4.79 Å². The molecule has 2 aromatic heterocycles. The van der Waals surface area contributed by atoms with Crippen LogP contribution in [0, 0.1) is 0 Å². The first-order valence-corrected chi connectivity index (χ1v) is 7.77. The van der Waals surface area contributed by atoms with E-state index in [4.69, 9.17) is 0 Å². The van der Waals surface area contributed by atoms with Crippen LogP contribution in [0.4, 0.5) is 5.82 Å². The van der Waals surface area contributed by atoms with E-state index < -0.39 is 0 Å². The van der Waals surface area contributed by atoms with Crippen molar-refractivity contribution in [2.24, 2.45) is 0 Å². The third-order valence-corrected chi connectivity index (χ3v) is 4.86. The van der Waals surface area contributed by atoms with Gasteiger partial charge in [0.1, 0.15) is 17.0 Å². The molecule has 0 unspecified atom stereocenters. The standard InChI is InChI=1S/C14H18N4OS/c1-3-10-7-11-13(16-8-17-14(11)20-10)18-5-4-15-12(19)6-9(18)2/h7-9H,3-6H2,1-2H3,(H,15,19)/t9-/m1/s1. The summed E-state index contributed by atoms with van der Waals surface area (Å²) >= 11 is 1.72. The Morgan fingerprint density at radius 2 is 2.35 bits per heavy atom. The summed E-state index contributed by atoms with van der Waals surface area (Å²) in [5.74, 6) is 1.07. The summed E-state index contributed by atoms with van der Waals surface area (Å²) in [6, 6.07) is 2.34. The molecule has 1 atom stereocenters. The molecule has 1 fully saturated rings. The van der Waals surface area contributed by atoms with Crippen LogP contribution < -0.4 is 10.2 Å². The minimum Gasteiger partial charge on any atom is -0.354 e. The van der Waals surface area contributed by atoms with Gasteiger partial charge in [0.2, 0.25) is 5.91 Å². The molecular weight excluding hydrogens is 272 g/mol. The number of hydrogen-bond acceptors (Lipinski definition) is 5. The van der Waals surface area contributed by atoms with E-state index in [9.17, 15) is 4.79 Å². The number of aryl methyl sites for hydroxylation is 1. The summed E-state index contributed by atoms with van der Waals surface area (Å²) in [6.07, 6.45) is 3.15. The van der Waals surface area contributed by atoms with Crippen molar-refractivity contribution in [3.8, 4) is 0 Å². The van der Waals surface area contributed by atoms with Crippen molar-refractivity contribution in [1.82, 2.24) is 15.3 Å². The Morgan fingerprint density at radius 1 is 1.50 bits per heavy atom. The highest BCUT2D eigenvalue weighted by molar-refractivity contribution is 7.18. The van der Waals surface area contributed by atoms with Crippen molar-refractivity contribution in [1.29, 1.82) is 0 Å². The van der Waals surface area contributed by atoms with Gasteiger partial charge < -0.3 is 10.2 Å². The number of fused-ring (bicyclic) bond motifs is 1. The Labute approximate surface area is 122 Å². The van der Waals surface area contributed by atoms with Crippen molar-refractivity contribution >= 4 is 33.3 Å². The average molecular weight is 290 g/mol. The number of anilines is 1. The number of carbonyl (C=O) groups is 1. The second-order valence-electron chi connectivity index (χ2n) is 5.08. The van der Waals surface area contributed by atoms with Crippen molar-refractivity contribution < 1.29 is 4.79 Å². The topological polar surface area (TPSA) is 58.1 Å². The molecule has 0 aromatic carbocycles. The molecule has 0 saturated carbocycles. The molecule has 0 spiro atoms. The number of amides is 1. The van der Waals surface area contributed by atoms with Crippen molar-refractivity contribution in [2.45, 2.75) is 32.7 Å². The average Bonchev–Trinajstić information content (AvgIpc) is 2.79. The number of carbonyl (C=O) groups excluding carboxylic acids is 1. The van der Waals surface area contributed by atoms with Gasteiger partial charge in [0, 0.05) is 30.4 Å². The number of aromatic nitrogens is 2. The monoisotopic (exact) mass is 290 g/mol. The van der Waals surface area contributed by atoms with E-state index >= 15 is 0 Å². The highest BCUT2D eigenvalue weighted by Gasteiger charge is 2.24. The summed E-state index contributed by atoms with van der Waals surface area (Å²) in [4.78, 5) is 25.0. The molecular formula is C14H18N4OS. The zero-order valence-corrected chi connectivity index (χ0v) is 12.5. The second kappa shape index (κ2) is 5.36. The molecule has 2 aromatic rings. The van der Waals surface area contributed by atoms with Crippen LogP contribution in [0.3, 0.4) is 0 Å². The molecule has 0 aliphatic carbocycles. The molecule has 1 saturated heterocycles. The van der Waals surface area contributed by atoms with Crippen molar-refractivity contribution in [2.75, 3.05) is 18.0 Å². The van der Waals surface area contributed by atoms with Crippen LogP contribution in [0.25, 0.3) is 10.2 Å². The maximum Gasteiger partial charge on any atom is 0.222 e. The van der Waals surface area contributed by atoms with Gasteiger partial charge in [0.05, 0.1) is 5.39 Å². The third kappa shape index (κ3) is 2.35. The lowest BCUT2D eigenvalue weighted by atomic mass is 10.2. The first kappa shape index (κ1) is 13.3. The van der Waals surface area contributed by atoms with E-state index in [0.29, 0.717) is 13.0 Å². The Balaban J connectivity index is 2.04. The Bertz CT molecular complexity index is 639. The Morgan fingerprint density at radius 3 is 3.15 bits per heavy atom. The fourth-order valence-corrected chi connectivity index (χ4v) is 3.53. The zero-order valence-electron chi connectivity index (χ0n) is 11.7. The molecule has 106 valence electrons. The van der Waals surface area contributed by atoms with Crippen LogP contribution in [0.1, 0.15) is 25.1 Å². The molecule has 3 rings (SSSR count). The minimum atomic E-state index is 0.116. The quantitative estimate of drug-likeness (QED) is 0.918. The summed E-state index contributed by atoms with van der Waals surface area (Å²) in [5, 5.41) is 4.02. The number of nitrogens with one attached hydrogen (secondary N) is 1. The fourth-order valence-electron chi connectivity index (χ4n) is 2.60. The summed E-state index contributed by atoms with van der Waals surface area (Å²) in [7, 11) is 0. The molecule has 0 radical (unpaired) electrons. The normalized spacial score (nSPS) is 20.0. The molecule has 5 nitrogen and oxygen atoms in total. The van der Waals surface area contributed by atoms with Gasteiger partial charge in [0.15, 0.2) is 0 Å². The predicted octanol–water partition coefficient (Wildman–Crippen LogP) is 1.97. The number of rotatable bonds is 2. The summed E-state index contributed by atoms with van der Waals surface area (Å²) in [5.41, 5.74) is 0. The van der Waals surface area contributed by atoms with E-state index in [0.717, 1.165) is 29.0 Å². The van der Waals surface area contributed by atoms with Crippen LogP contribution in [0.15, 0.2) is 12.4 Å². The predicted molar refractivity (Wildman–Crippen MR) is 81.2 cm³/mol. The number of hydrogen-bond donors (Lipinski definition) is 1. The number of nitrogens with zero attached hydrogens (tertiary/aromatic N) is 3. The van der Waals surface area contributed by atoms with E-state index in [1.165, 1.54) is 4.88 Å². The third-order valence-electron chi connectivity index (χ3n) is 3.67. The van der Waals surface area contributed by atoms with Gasteiger partial charge in [-0.15, -0.1) is 11.3 Å². The van der Waals surface area contributed by atoms with Crippen LogP contribution in [0.5, 0.6) is 0 Å². The lowest BCUT2D eigenvalue weighted by molar-refractivity contribution is -0.120. The van der Waals surface area contributed by atoms with Crippen LogP contribution >= 0.6 is 11.3 Å². The van der Waals surface area contributed by atoms with E-state index in [2.05, 4.69) is 40.1 Å². The van der Waals surface area contributed by atoms with Crippen LogP contribution in [-0.4, -0.2) is 35.0 Å². The van der Waals surface area contributed by atoms with Gasteiger partial charge in [0.25, 0.3) is 0 Å². The zero-order chi connectivity index (χ0) is 14.1. The molecule has 1 aliphatic heterocycles. The summed E-state index contributed by atoms with van der Waals surface area (Å²) in [6.45, 7) is 5.68. The molecule has 1 N–H and O–H groups in total. The van der Waals surface area contributed by atoms with Crippen molar-refractivity contribution in [3.05, 3.63) is 17.3 Å². The number of thiophene rings is 1. The smallest absolute Gasteiger partial charge is 0.222 e. The molecule has 20 heavy (non-hydrogen) atoms. The van der Waals surface area contributed by atoms with E-state index in [1.54, 1.807) is 17.7 Å². The van der Waals surface area contributed by atoms with E-state index in [1.807, 2.05) is 0 Å². The highest BCUT2D eigenvalue weighted by Crippen LogP contribution is 2.31. The lowest BCUT2D eigenvalue weighted by Crippen LogP contribution is -2.35. The highest BCUT2D eigenvalue weighted by atomic mass is 32.1. The fraction of sp³-hybridized carbons (Fsp3) is 0.500. The van der Waals surface area contributed by atoms with Gasteiger partial charge >= 0.3 is 0 Å². The largest absolute Gasteiger partial charge is 0.354 e. The van der Waals surface area contributed by atoms with E-state index in [-0.39, 0.29) is 11.9 Å². The van der Waals surface area contributed by atoms with Gasteiger partial charge in [-0.1, -0.05) is 6.92 Å². The SMILES string of the molecule is CCc1cc2c(N3CCNC(=O)C[C@H]3C)ncnc2s1. The Kier molecular flexibility index (Phi) is 3.56. The maximum atomic E-state index is 11.6. The first-order chi connectivity index (χ1) is 9.69. The Hall–Kier alpha value is -1.69. The molecule has 6 heteroatoms. The lowest BCUT2D eigenvalue weighted by Gasteiger charge is -2.27. The summed E-state index contributed by atoms with van der Waals surface area (Å²) < 4.78 is 0. The second-order valence-corrected chi connectivity index (χ2v) is 6.19. The molecule has 3 heterocycles. The maximum absolute atomic E-state index is 11.6. The van der Waals surface area contributed by atoms with Crippen LogP contribution in [0.2, 0.25) is 0 Å². The van der Waals surface area contributed by atoms with Crippen LogP contribution in [-0.2, 0) is 11.2 Å². The van der Waals surface area contributed by atoms with Gasteiger partial charge in [-0.2, -0.15) is 0 Å². The van der Waals surface area contributed by atoms with Gasteiger partial charge in [-0.25, -0.2) is 9.97 Å². The minimum absolute atomic E-state index is 0.116. The van der Waals surface area contributed by atoms with Gasteiger partial charge in [-0.05, 0) is 19.4 Å². The molecule has 1 aliphatic rings. The first-order valence-electron chi connectivity index (χ1n) is 6.95. The van der Waals surface area contributed by atoms with Crippen molar-refractivity contribution in [3.63, 3.8) is 0 Å². The molecule has 0 bridgehead atoms.